The van der Waals surface area contributed by atoms with Crippen molar-refractivity contribution in [3.8, 4) is 0 Å². The summed E-state index contributed by atoms with van der Waals surface area (Å²) in [6, 6.07) is 6.07. The molecule has 1 aromatic rings. The summed E-state index contributed by atoms with van der Waals surface area (Å²) < 4.78 is 0. The number of piperidine rings is 1. The summed E-state index contributed by atoms with van der Waals surface area (Å²) >= 11 is 0. The molecule has 5 nitrogen and oxygen atoms in total. The van der Waals surface area contributed by atoms with Crippen molar-refractivity contribution in [3.05, 3.63) is 34.9 Å². The molecule has 2 aliphatic heterocycles. The van der Waals surface area contributed by atoms with Crippen LogP contribution in [0.25, 0.3) is 0 Å². The first-order valence-corrected chi connectivity index (χ1v) is 10.4. The molecule has 1 saturated heterocycles. The van der Waals surface area contributed by atoms with Crippen LogP contribution in [0.2, 0.25) is 0 Å². The van der Waals surface area contributed by atoms with Crippen molar-refractivity contribution in [2.45, 2.75) is 51.4 Å². The molecule has 2 heterocycles. The molecular formula is C22H32N2O3. The average molecular weight is 373 g/mol. The van der Waals surface area contributed by atoms with E-state index in [4.69, 9.17) is 5.11 Å². The van der Waals surface area contributed by atoms with Gasteiger partial charge in [-0.25, -0.2) is 0 Å². The summed E-state index contributed by atoms with van der Waals surface area (Å²) in [5.74, 6) is 0.677. The van der Waals surface area contributed by atoms with Gasteiger partial charge in [0.05, 0.1) is 0 Å². The van der Waals surface area contributed by atoms with Crippen molar-refractivity contribution >= 4 is 11.7 Å². The van der Waals surface area contributed by atoms with Gasteiger partial charge >= 0.3 is 0 Å². The van der Waals surface area contributed by atoms with Crippen molar-refractivity contribution in [3.63, 3.8) is 0 Å². The summed E-state index contributed by atoms with van der Waals surface area (Å²) in [6.07, 6.45) is 6.46. The van der Waals surface area contributed by atoms with Crippen LogP contribution in [0.3, 0.4) is 0 Å². The maximum Gasteiger partial charge on any atom is 0.223 e. The Labute approximate surface area is 162 Å². The number of likely N-dealkylation sites (tertiary alicyclic amines) is 1. The molecule has 0 radical (unpaired) electrons. The zero-order valence-corrected chi connectivity index (χ0v) is 16.2. The van der Waals surface area contributed by atoms with Gasteiger partial charge in [0, 0.05) is 38.1 Å². The normalized spacial score (nSPS) is 18.5. The van der Waals surface area contributed by atoms with Gasteiger partial charge in [0.15, 0.2) is 5.78 Å². The molecule has 1 aromatic carbocycles. The van der Waals surface area contributed by atoms with Crippen LogP contribution in [-0.2, 0) is 17.6 Å². The average Bonchev–Trinajstić information content (AvgIpc) is 2.67. The number of carbonyl (C=O) groups excluding carboxylic acids is 2. The third kappa shape index (κ3) is 5.63. The first kappa shape index (κ1) is 20.0. The summed E-state index contributed by atoms with van der Waals surface area (Å²) in [4.78, 5) is 26.9. The van der Waals surface area contributed by atoms with Crippen molar-refractivity contribution in [2.75, 3.05) is 32.8 Å². The highest BCUT2D eigenvalue weighted by atomic mass is 16.3. The molecule has 5 heteroatoms. The number of benzene rings is 1. The number of fused-ring (bicyclic) bond motifs is 1. The fraction of sp³-hybridized carbons (Fsp3) is 0.636. The number of nitrogens with zero attached hydrogens (tertiary/aromatic N) is 1. The van der Waals surface area contributed by atoms with Crippen molar-refractivity contribution in [1.82, 2.24) is 10.2 Å². The molecule has 148 valence electrons. The lowest BCUT2D eigenvalue weighted by molar-refractivity contribution is -0.132. The maximum absolute atomic E-state index is 12.6. The Morgan fingerprint density at radius 2 is 1.89 bits per heavy atom. The Bertz CT molecular complexity index is 651. The molecule has 0 aliphatic carbocycles. The molecule has 0 saturated carbocycles. The van der Waals surface area contributed by atoms with Crippen molar-refractivity contribution < 1.29 is 14.7 Å². The first-order valence-electron chi connectivity index (χ1n) is 10.4. The predicted octanol–water partition coefficient (Wildman–Crippen LogP) is 2.35. The molecule has 1 amide bonds. The molecule has 1 fully saturated rings. The van der Waals surface area contributed by atoms with Gasteiger partial charge < -0.3 is 15.3 Å². The standard InChI is InChI=1S/C22H32N2O3/c25-15-10-17-8-13-24(14-9-17)22(27)6-5-21(26)20-4-3-18-2-1-11-23-12-7-19(18)16-20/h3-4,16-17,23,25H,1-2,5-15H2. The van der Waals surface area contributed by atoms with Gasteiger partial charge in [0.2, 0.25) is 5.91 Å². The van der Waals surface area contributed by atoms with E-state index in [9.17, 15) is 9.59 Å². The first-order chi connectivity index (χ1) is 13.2. The lowest BCUT2D eigenvalue weighted by Crippen LogP contribution is -2.38. The number of aryl methyl sites for hydroxylation is 1. The van der Waals surface area contributed by atoms with Crippen LogP contribution in [-0.4, -0.2) is 54.5 Å². The van der Waals surface area contributed by atoms with Crippen LogP contribution >= 0.6 is 0 Å². The molecule has 0 unspecified atom stereocenters. The van der Waals surface area contributed by atoms with E-state index in [1.807, 2.05) is 17.0 Å². The Balaban J connectivity index is 1.50. The Hall–Kier alpha value is -1.72. The smallest absolute Gasteiger partial charge is 0.223 e. The van der Waals surface area contributed by atoms with Crippen molar-refractivity contribution in [1.29, 1.82) is 0 Å². The van der Waals surface area contributed by atoms with Gasteiger partial charge in [0.25, 0.3) is 0 Å². The number of hydrogen-bond donors (Lipinski definition) is 2. The maximum atomic E-state index is 12.6. The van der Waals surface area contributed by atoms with E-state index < -0.39 is 0 Å². The fourth-order valence-electron chi connectivity index (χ4n) is 4.20. The minimum atomic E-state index is 0.0661. The van der Waals surface area contributed by atoms with E-state index in [1.165, 1.54) is 11.1 Å². The molecular weight excluding hydrogens is 340 g/mol. The number of rotatable bonds is 6. The van der Waals surface area contributed by atoms with Gasteiger partial charge in [-0.2, -0.15) is 0 Å². The van der Waals surface area contributed by atoms with Crippen LogP contribution in [0.1, 0.15) is 60.0 Å². The number of amides is 1. The molecule has 2 aliphatic rings. The van der Waals surface area contributed by atoms with Crippen molar-refractivity contribution in [2.24, 2.45) is 5.92 Å². The highest BCUT2D eigenvalue weighted by Crippen LogP contribution is 2.21. The lowest BCUT2D eigenvalue weighted by atomic mass is 9.93. The summed E-state index contributed by atoms with van der Waals surface area (Å²) in [5, 5.41) is 12.4. The molecule has 0 aromatic heterocycles. The highest BCUT2D eigenvalue weighted by Gasteiger charge is 2.23. The van der Waals surface area contributed by atoms with Gasteiger partial charge in [0.1, 0.15) is 0 Å². The quantitative estimate of drug-likeness (QED) is 0.752. The van der Waals surface area contributed by atoms with Gasteiger partial charge in [-0.05, 0) is 74.7 Å². The summed E-state index contributed by atoms with van der Waals surface area (Å²) in [7, 11) is 0. The van der Waals surface area contributed by atoms with E-state index in [2.05, 4.69) is 11.4 Å². The number of ketones is 1. The number of aliphatic hydroxyl groups is 1. The second kappa shape index (κ2) is 10.00. The Kier molecular flexibility index (Phi) is 7.41. The zero-order chi connectivity index (χ0) is 19.1. The topological polar surface area (TPSA) is 69.6 Å². The van der Waals surface area contributed by atoms with Crippen LogP contribution in [0.4, 0.5) is 0 Å². The minimum absolute atomic E-state index is 0.0661. The molecule has 0 atom stereocenters. The summed E-state index contributed by atoms with van der Waals surface area (Å²) in [6.45, 7) is 3.74. The predicted molar refractivity (Wildman–Crippen MR) is 106 cm³/mol. The molecule has 2 N–H and O–H groups in total. The largest absolute Gasteiger partial charge is 0.396 e. The Morgan fingerprint density at radius 1 is 1.07 bits per heavy atom. The number of carbonyl (C=O) groups is 2. The van der Waals surface area contributed by atoms with E-state index in [1.54, 1.807) is 0 Å². The fourth-order valence-corrected chi connectivity index (χ4v) is 4.20. The van der Waals surface area contributed by atoms with E-state index in [0.29, 0.717) is 12.3 Å². The summed E-state index contributed by atoms with van der Waals surface area (Å²) in [5.41, 5.74) is 3.36. The SMILES string of the molecule is O=C(CCC(=O)N1CCC(CCO)CC1)c1ccc2c(c1)CCNCCC2. The van der Waals surface area contributed by atoms with Gasteiger partial charge in [-0.15, -0.1) is 0 Å². The number of aliphatic hydroxyl groups excluding tert-OH is 1. The van der Waals surface area contributed by atoms with Gasteiger partial charge in [-0.3, -0.25) is 9.59 Å². The van der Waals surface area contributed by atoms with Gasteiger partial charge in [-0.1, -0.05) is 12.1 Å². The lowest BCUT2D eigenvalue weighted by Gasteiger charge is -2.31. The van der Waals surface area contributed by atoms with E-state index in [-0.39, 0.29) is 24.7 Å². The molecule has 27 heavy (non-hydrogen) atoms. The number of nitrogens with one attached hydrogen (secondary N) is 1. The Morgan fingerprint density at radius 3 is 2.67 bits per heavy atom. The number of hydrogen-bond acceptors (Lipinski definition) is 4. The van der Waals surface area contributed by atoms with Crippen LogP contribution in [0, 0.1) is 5.92 Å². The monoisotopic (exact) mass is 372 g/mol. The molecule has 3 rings (SSSR count). The minimum Gasteiger partial charge on any atom is -0.396 e. The zero-order valence-electron chi connectivity index (χ0n) is 16.2. The second-order valence-electron chi connectivity index (χ2n) is 7.85. The third-order valence-electron chi connectivity index (χ3n) is 5.97. The highest BCUT2D eigenvalue weighted by molar-refractivity contribution is 5.98. The van der Waals surface area contributed by atoms with Crippen LogP contribution in [0.15, 0.2) is 18.2 Å². The van der Waals surface area contributed by atoms with E-state index >= 15 is 0 Å². The van der Waals surface area contributed by atoms with Crippen LogP contribution < -0.4 is 5.32 Å². The number of Topliss-reactive ketones (excluding diaryl/α,β-unsaturated/α-hetero) is 1. The molecule has 0 spiro atoms. The second-order valence-corrected chi connectivity index (χ2v) is 7.85. The van der Waals surface area contributed by atoms with E-state index in [0.717, 1.165) is 70.3 Å². The van der Waals surface area contributed by atoms with Crippen LogP contribution in [0.5, 0.6) is 0 Å². The molecule has 0 bridgehead atoms. The third-order valence-corrected chi connectivity index (χ3v) is 5.97.